The number of carbonyl (C=O) groups is 1. The summed E-state index contributed by atoms with van der Waals surface area (Å²) in [6.07, 6.45) is 5.21. The quantitative estimate of drug-likeness (QED) is 0.426. The Balaban J connectivity index is 1.75. The van der Waals surface area contributed by atoms with E-state index in [0.717, 1.165) is 11.1 Å². The van der Waals surface area contributed by atoms with E-state index in [2.05, 4.69) is 6.58 Å². The second-order valence-corrected chi connectivity index (χ2v) is 9.34. The fraction of sp³-hybridized carbons (Fsp3) is 0.227. The molecule has 0 saturated carbocycles. The highest BCUT2D eigenvalue weighted by Gasteiger charge is 2.51. The van der Waals surface area contributed by atoms with Crippen LogP contribution in [0.15, 0.2) is 72.2 Å². The third kappa shape index (κ3) is 2.91. The fourth-order valence-electron chi connectivity index (χ4n) is 4.55. The molecule has 1 aliphatic carbocycles. The van der Waals surface area contributed by atoms with Crippen molar-refractivity contribution in [1.29, 1.82) is 0 Å². The first kappa shape index (κ1) is 20.2. The number of nitro groups is 1. The van der Waals surface area contributed by atoms with Gasteiger partial charge in [0, 0.05) is 25.1 Å². The number of para-hydroxylation sites is 1. The number of rotatable bonds is 4. The lowest BCUT2D eigenvalue weighted by Crippen LogP contribution is -2.55. The summed E-state index contributed by atoms with van der Waals surface area (Å²) in [5.74, 6) is -0.545. The number of fused-ring (bicyclic) bond motifs is 2. The minimum atomic E-state index is -4.12. The van der Waals surface area contributed by atoms with E-state index in [1.54, 1.807) is 18.2 Å². The van der Waals surface area contributed by atoms with Crippen molar-refractivity contribution < 1.29 is 18.1 Å². The lowest BCUT2D eigenvalue weighted by molar-refractivity contribution is -0.387. The summed E-state index contributed by atoms with van der Waals surface area (Å²) in [6, 6.07) is 12.9. The van der Waals surface area contributed by atoms with Gasteiger partial charge in [0.15, 0.2) is 10.7 Å². The maximum atomic E-state index is 13.3. The van der Waals surface area contributed by atoms with Crippen molar-refractivity contribution in [3.05, 3.63) is 88.5 Å². The molecule has 0 bridgehead atoms. The van der Waals surface area contributed by atoms with Crippen molar-refractivity contribution in [2.75, 3.05) is 13.1 Å². The molecule has 8 heteroatoms. The standard InChI is InChI=1S/C22H20N2O5S/c1-2-17-15-23(30(28,29)20-10-6-5-9-19(20)24(26)27)14-13-22(17)18-8-4-3-7-16(18)11-12-21(22)25/h2-12,17H,1,13-15H2. The van der Waals surface area contributed by atoms with Gasteiger partial charge in [-0.05, 0) is 29.7 Å². The number of ketones is 1. The third-order valence-corrected chi connectivity index (χ3v) is 7.96. The smallest absolute Gasteiger partial charge is 0.289 e. The molecule has 7 nitrogen and oxygen atoms in total. The van der Waals surface area contributed by atoms with Crippen LogP contribution >= 0.6 is 0 Å². The number of nitrogens with zero attached hydrogens (tertiary/aromatic N) is 2. The average molecular weight is 424 g/mol. The number of hydrogen-bond acceptors (Lipinski definition) is 5. The summed E-state index contributed by atoms with van der Waals surface area (Å²) in [7, 11) is -4.12. The monoisotopic (exact) mass is 424 g/mol. The molecule has 30 heavy (non-hydrogen) atoms. The summed E-state index contributed by atoms with van der Waals surface area (Å²) in [6.45, 7) is 3.97. The Bertz CT molecular complexity index is 1190. The topological polar surface area (TPSA) is 97.6 Å². The zero-order valence-corrected chi connectivity index (χ0v) is 16.9. The first-order valence-corrected chi connectivity index (χ1v) is 10.9. The molecule has 2 aromatic carbocycles. The number of carbonyl (C=O) groups excluding carboxylic acids is 1. The summed E-state index contributed by atoms with van der Waals surface area (Å²) >= 11 is 0. The molecule has 0 aromatic heterocycles. The highest BCUT2D eigenvalue weighted by atomic mass is 32.2. The largest absolute Gasteiger partial charge is 0.294 e. The molecule has 2 atom stereocenters. The van der Waals surface area contributed by atoms with Gasteiger partial charge < -0.3 is 0 Å². The van der Waals surface area contributed by atoms with Gasteiger partial charge in [-0.1, -0.05) is 48.6 Å². The zero-order valence-electron chi connectivity index (χ0n) is 16.1. The van der Waals surface area contributed by atoms with Gasteiger partial charge in [-0.2, -0.15) is 4.31 Å². The van der Waals surface area contributed by atoms with Gasteiger partial charge in [0.2, 0.25) is 10.0 Å². The predicted octanol–water partition coefficient (Wildman–Crippen LogP) is 3.33. The molecule has 4 rings (SSSR count). The number of piperidine rings is 1. The first-order valence-electron chi connectivity index (χ1n) is 9.50. The Hall–Kier alpha value is -3.10. The van der Waals surface area contributed by atoms with Crippen LogP contribution in [0.4, 0.5) is 5.69 Å². The van der Waals surface area contributed by atoms with Crippen LogP contribution in [0.5, 0.6) is 0 Å². The molecule has 1 spiro atoms. The number of hydrogen-bond donors (Lipinski definition) is 0. The predicted molar refractivity (Wildman–Crippen MR) is 112 cm³/mol. The van der Waals surface area contributed by atoms with Crippen LogP contribution in [0.1, 0.15) is 17.5 Å². The molecule has 0 radical (unpaired) electrons. The Kier molecular flexibility index (Phi) is 4.91. The molecule has 0 N–H and O–H groups in total. The average Bonchev–Trinajstić information content (AvgIpc) is 2.76. The van der Waals surface area contributed by atoms with E-state index in [0.29, 0.717) is 0 Å². The van der Waals surface area contributed by atoms with Gasteiger partial charge in [-0.3, -0.25) is 14.9 Å². The van der Waals surface area contributed by atoms with Gasteiger partial charge in [0.1, 0.15) is 0 Å². The summed E-state index contributed by atoms with van der Waals surface area (Å²) in [4.78, 5) is 23.4. The summed E-state index contributed by atoms with van der Waals surface area (Å²) in [5, 5.41) is 11.3. The highest BCUT2D eigenvalue weighted by Crippen LogP contribution is 2.46. The highest BCUT2D eigenvalue weighted by molar-refractivity contribution is 7.89. The Labute approximate surface area is 174 Å². The molecule has 154 valence electrons. The SMILES string of the molecule is C=CC1CN(S(=O)(=O)c2ccccc2[N+](=O)[O-])CCC12C(=O)C=Cc1ccccc12. The third-order valence-electron chi connectivity index (χ3n) is 6.05. The van der Waals surface area contributed by atoms with Gasteiger partial charge >= 0.3 is 0 Å². The van der Waals surface area contributed by atoms with E-state index >= 15 is 0 Å². The Morgan fingerprint density at radius 1 is 1.13 bits per heavy atom. The van der Waals surface area contributed by atoms with E-state index in [1.807, 2.05) is 24.3 Å². The van der Waals surface area contributed by atoms with E-state index in [-0.39, 0.29) is 30.2 Å². The number of nitro benzene ring substituents is 1. The molecule has 0 amide bonds. The molecule has 1 heterocycles. The van der Waals surface area contributed by atoms with E-state index in [4.69, 9.17) is 0 Å². The van der Waals surface area contributed by atoms with Crippen LogP contribution in [0.3, 0.4) is 0 Å². The van der Waals surface area contributed by atoms with Crippen LogP contribution in [0.2, 0.25) is 0 Å². The Morgan fingerprint density at radius 3 is 2.57 bits per heavy atom. The number of sulfonamides is 1. The van der Waals surface area contributed by atoms with Gasteiger partial charge in [0.05, 0.1) is 10.3 Å². The van der Waals surface area contributed by atoms with E-state index < -0.39 is 32.0 Å². The molecular weight excluding hydrogens is 404 g/mol. The van der Waals surface area contributed by atoms with Crippen LogP contribution in [0.25, 0.3) is 6.08 Å². The van der Waals surface area contributed by atoms with Crippen LogP contribution in [-0.2, 0) is 20.2 Å². The maximum absolute atomic E-state index is 13.3. The van der Waals surface area contributed by atoms with E-state index in [1.165, 1.54) is 28.6 Å². The maximum Gasteiger partial charge on any atom is 0.289 e. The number of allylic oxidation sites excluding steroid dienone is 1. The molecule has 2 aliphatic rings. The minimum Gasteiger partial charge on any atom is -0.294 e. The van der Waals surface area contributed by atoms with Crippen molar-refractivity contribution in [2.45, 2.75) is 16.7 Å². The second kappa shape index (κ2) is 7.30. The van der Waals surface area contributed by atoms with Crippen molar-refractivity contribution >= 4 is 27.6 Å². The van der Waals surface area contributed by atoms with Gasteiger partial charge in [-0.15, -0.1) is 6.58 Å². The molecule has 1 saturated heterocycles. The van der Waals surface area contributed by atoms with Crippen LogP contribution < -0.4 is 0 Å². The van der Waals surface area contributed by atoms with Crippen molar-refractivity contribution in [1.82, 2.24) is 4.31 Å². The summed E-state index contributed by atoms with van der Waals surface area (Å²) < 4.78 is 27.7. The van der Waals surface area contributed by atoms with E-state index in [9.17, 15) is 23.3 Å². The zero-order chi connectivity index (χ0) is 21.5. The molecule has 2 aromatic rings. The molecule has 1 fully saturated rings. The molecular formula is C22H20N2O5S. The van der Waals surface area contributed by atoms with Gasteiger partial charge in [0.25, 0.3) is 5.69 Å². The Morgan fingerprint density at radius 2 is 1.83 bits per heavy atom. The first-order chi connectivity index (χ1) is 14.3. The fourth-order valence-corrected chi connectivity index (χ4v) is 6.17. The molecule has 2 unspecified atom stereocenters. The normalized spacial score (nSPS) is 23.9. The van der Waals surface area contributed by atoms with Crippen molar-refractivity contribution in [3.63, 3.8) is 0 Å². The van der Waals surface area contributed by atoms with Crippen LogP contribution in [0, 0.1) is 16.0 Å². The van der Waals surface area contributed by atoms with Crippen LogP contribution in [-0.4, -0.2) is 36.5 Å². The summed E-state index contributed by atoms with van der Waals surface area (Å²) in [5.41, 5.74) is 0.445. The number of benzene rings is 2. The van der Waals surface area contributed by atoms with Gasteiger partial charge in [-0.25, -0.2) is 8.42 Å². The minimum absolute atomic E-state index is 0.0196. The second-order valence-electron chi connectivity index (χ2n) is 7.44. The van der Waals surface area contributed by atoms with Crippen molar-refractivity contribution in [3.8, 4) is 0 Å². The lowest BCUT2D eigenvalue weighted by atomic mass is 9.61. The lowest BCUT2D eigenvalue weighted by Gasteiger charge is -2.46. The van der Waals surface area contributed by atoms with Crippen molar-refractivity contribution in [2.24, 2.45) is 5.92 Å². The molecule has 1 aliphatic heterocycles.